The molecule has 1 unspecified atom stereocenters. The van der Waals surface area contributed by atoms with Gasteiger partial charge in [0.15, 0.2) is 23.3 Å². The molecule has 0 aliphatic carbocycles. The molecule has 7 aromatic carbocycles. The molecule has 1 aromatic heterocycles. The lowest BCUT2D eigenvalue weighted by atomic mass is 9.95. The summed E-state index contributed by atoms with van der Waals surface area (Å²) in [6.07, 6.45) is -0.441. The molecule has 8 nitrogen and oxygen atoms in total. The van der Waals surface area contributed by atoms with Gasteiger partial charge in [0.05, 0.1) is 9.79 Å². The number of rotatable bonds is 7. The van der Waals surface area contributed by atoms with Crippen molar-refractivity contribution in [2.45, 2.75) is 16.0 Å². The van der Waals surface area contributed by atoms with Gasteiger partial charge in [-0.2, -0.15) is 0 Å². The zero-order valence-corrected chi connectivity index (χ0v) is 31.2. The Morgan fingerprint density at radius 3 is 1.58 bits per heavy atom. The van der Waals surface area contributed by atoms with Gasteiger partial charge in [0.2, 0.25) is 9.84 Å². The third-order valence-electron chi connectivity index (χ3n) is 10.1. The number of hydrogen-bond donors (Lipinski definition) is 1. The summed E-state index contributed by atoms with van der Waals surface area (Å²) in [6, 6.07) is 58.3. The number of aromatic nitrogens is 3. The van der Waals surface area contributed by atoms with E-state index in [0.29, 0.717) is 67.4 Å². The molecule has 272 valence electrons. The second kappa shape index (κ2) is 14.1. The third kappa shape index (κ3) is 6.30. The Morgan fingerprint density at radius 2 is 0.930 bits per heavy atom. The number of benzene rings is 7. The highest BCUT2D eigenvalue weighted by atomic mass is 32.2. The van der Waals surface area contributed by atoms with Crippen LogP contribution in [0, 0.1) is 0 Å². The van der Waals surface area contributed by atoms with Crippen LogP contribution in [0.25, 0.3) is 56.4 Å². The smallest absolute Gasteiger partial charge is 0.208 e. The van der Waals surface area contributed by atoms with Crippen LogP contribution >= 0.6 is 0 Å². The van der Waals surface area contributed by atoms with Crippen molar-refractivity contribution < 1.29 is 8.42 Å². The Kier molecular flexibility index (Phi) is 8.42. The van der Waals surface area contributed by atoms with E-state index in [1.165, 1.54) is 0 Å². The average Bonchev–Trinajstić information content (AvgIpc) is 3.53. The van der Waals surface area contributed by atoms with Crippen LogP contribution in [0.5, 0.6) is 0 Å². The van der Waals surface area contributed by atoms with E-state index in [0.717, 1.165) is 22.3 Å². The normalized spacial score (nSPS) is 15.1. The van der Waals surface area contributed by atoms with Crippen LogP contribution in [0.2, 0.25) is 0 Å². The number of fused-ring (bicyclic) bond motifs is 3. The second-order valence-corrected chi connectivity index (χ2v) is 15.6. The largest absolute Gasteiger partial charge is 0.344 e. The Labute approximate surface area is 330 Å². The lowest BCUT2D eigenvalue weighted by Gasteiger charge is -2.24. The van der Waals surface area contributed by atoms with Crippen molar-refractivity contribution in [3.05, 3.63) is 199 Å². The van der Waals surface area contributed by atoms with E-state index in [9.17, 15) is 8.42 Å². The number of aliphatic imine (C=N–C) groups is 2. The first kappa shape index (κ1) is 34.2. The van der Waals surface area contributed by atoms with Crippen LogP contribution in [-0.2, 0) is 9.84 Å². The first-order chi connectivity index (χ1) is 28.0. The summed E-state index contributed by atoms with van der Waals surface area (Å²) in [7, 11) is -3.84. The molecule has 0 fully saturated rings. The van der Waals surface area contributed by atoms with E-state index in [1.807, 2.05) is 170 Å². The van der Waals surface area contributed by atoms with E-state index in [2.05, 4.69) is 5.32 Å². The van der Waals surface area contributed by atoms with Crippen LogP contribution < -0.4 is 5.32 Å². The summed E-state index contributed by atoms with van der Waals surface area (Å²) in [5.41, 5.74) is 7.49. The molecule has 0 spiro atoms. The molecule has 2 aliphatic rings. The molecule has 57 heavy (non-hydrogen) atoms. The first-order valence-corrected chi connectivity index (χ1v) is 20.0. The van der Waals surface area contributed by atoms with Crippen LogP contribution in [0.4, 0.5) is 0 Å². The van der Waals surface area contributed by atoms with Crippen LogP contribution in [0.15, 0.2) is 202 Å². The Balaban J connectivity index is 1.22. The van der Waals surface area contributed by atoms with E-state index < -0.39 is 16.0 Å². The monoisotopic (exact) mass is 756 g/mol. The highest BCUT2D eigenvalue weighted by Gasteiger charge is 2.35. The molecule has 1 N–H and O–H groups in total. The second-order valence-electron chi connectivity index (χ2n) is 13.8. The van der Waals surface area contributed by atoms with Gasteiger partial charge in [-0.25, -0.2) is 33.4 Å². The molecule has 0 saturated heterocycles. The van der Waals surface area contributed by atoms with Crippen LogP contribution in [0.1, 0.15) is 22.9 Å². The molecule has 9 heteroatoms. The fourth-order valence-corrected chi connectivity index (χ4v) is 9.29. The molecular formula is C48H32N6O2S. The van der Waals surface area contributed by atoms with Gasteiger partial charge in [0, 0.05) is 44.5 Å². The number of sulfone groups is 1. The molecule has 2 aliphatic heterocycles. The Morgan fingerprint density at radius 1 is 0.439 bits per heavy atom. The lowest BCUT2D eigenvalue weighted by molar-refractivity contribution is 0.599. The Bertz CT molecular complexity index is 2930. The van der Waals surface area contributed by atoms with Crippen molar-refractivity contribution >= 4 is 21.5 Å². The molecular weight excluding hydrogens is 725 g/mol. The van der Waals surface area contributed by atoms with Crippen molar-refractivity contribution in [2.24, 2.45) is 9.98 Å². The lowest BCUT2D eigenvalue weighted by Crippen LogP contribution is -2.33. The highest BCUT2D eigenvalue weighted by Crippen LogP contribution is 2.47. The maximum atomic E-state index is 14.3. The topological polar surface area (TPSA) is 110 Å². The van der Waals surface area contributed by atoms with E-state index in [4.69, 9.17) is 24.9 Å². The van der Waals surface area contributed by atoms with Gasteiger partial charge in [0.25, 0.3) is 0 Å². The number of nitrogens with zero attached hydrogens (tertiary/aromatic N) is 5. The van der Waals surface area contributed by atoms with Crippen molar-refractivity contribution in [3.8, 4) is 56.4 Å². The minimum atomic E-state index is -3.84. The first-order valence-electron chi connectivity index (χ1n) is 18.5. The van der Waals surface area contributed by atoms with Crippen molar-refractivity contribution in [2.75, 3.05) is 0 Å². The average molecular weight is 757 g/mol. The summed E-state index contributed by atoms with van der Waals surface area (Å²) in [5.74, 6) is 2.60. The van der Waals surface area contributed by atoms with E-state index in [-0.39, 0.29) is 4.90 Å². The summed E-state index contributed by atoms with van der Waals surface area (Å²) in [4.78, 5) is 25.8. The molecule has 8 aromatic rings. The van der Waals surface area contributed by atoms with Gasteiger partial charge in [-0.05, 0) is 35.4 Å². The fraction of sp³-hybridized carbons (Fsp3) is 0.0208. The van der Waals surface area contributed by atoms with E-state index >= 15 is 0 Å². The maximum Gasteiger partial charge on any atom is 0.208 e. The van der Waals surface area contributed by atoms with Gasteiger partial charge < -0.3 is 5.32 Å². The maximum absolute atomic E-state index is 14.3. The zero-order chi connectivity index (χ0) is 38.3. The number of hydrogen-bond acceptors (Lipinski definition) is 8. The molecule has 0 bridgehead atoms. The zero-order valence-electron chi connectivity index (χ0n) is 30.4. The van der Waals surface area contributed by atoms with Crippen molar-refractivity contribution in [1.82, 2.24) is 20.3 Å². The Hall–Kier alpha value is -7.36. The van der Waals surface area contributed by atoms with Crippen molar-refractivity contribution in [1.29, 1.82) is 0 Å². The van der Waals surface area contributed by atoms with E-state index in [1.54, 1.807) is 12.1 Å². The molecule has 0 saturated carbocycles. The van der Waals surface area contributed by atoms with Gasteiger partial charge in [-0.3, -0.25) is 0 Å². The minimum Gasteiger partial charge on any atom is -0.344 e. The highest BCUT2D eigenvalue weighted by molar-refractivity contribution is 7.92. The summed E-state index contributed by atoms with van der Waals surface area (Å²) < 4.78 is 28.7. The van der Waals surface area contributed by atoms with Gasteiger partial charge in [0.1, 0.15) is 12.0 Å². The quantitative estimate of drug-likeness (QED) is 0.173. The predicted octanol–water partition coefficient (Wildman–Crippen LogP) is 9.85. The number of nitrogens with one attached hydrogen (secondary N) is 1. The number of amidine groups is 2. The van der Waals surface area contributed by atoms with Gasteiger partial charge in [-0.1, -0.05) is 158 Å². The molecule has 3 heterocycles. The minimum absolute atomic E-state index is 0.270. The standard InChI is InChI=1S/C48H32N6O2S/c55-57(56)41-27-14-13-24-39(41)40-26-15-25-38(42(40)57)35-28-36(47-51-43(31-16-5-1-6-17-31)49-44(52-47)32-18-7-2-8-19-32)30-37(29-35)48-53-45(33-20-9-3-10-21-33)50-46(54-48)34-22-11-4-12-23-34/h1-30,43H,(H,49,51,52). The van der Waals surface area contributed by atoms with Crippen LogP contribution in [0.3, 0.4) is 0 Å². The summed E-state index contributed by atoms with van der Waals surface area (Å²) >= 11 is 0. The van der Waals surface area contributed by atoms with Crippen LogP contribution in [-0.4, -0.2) is 35.0 Å². The summed E-state index contributed by atoms with van der Waals surface area (Å²) in [5, 5.41) is 3.59. The third-order valence-corrected chi connectivity index (χ3v) is 12.0. The predicted molar refractivity (Wildman–Crippen MR) is 224 cm³/mol. The summed E-state index contributed by atoms with van der Waals surface area (Å²) in [6.45, 7) is 0. The van der Waals surface area contributed by atoms with Gasteiger partial charge >= 0.3 is 0 Å². The molecule has 10 rings (SSSR count). The fourth-order valence-electron chi connectivity index (χ4n) is 7.40. The molecule has 0 radical (unpaired) electrons. The SMILES string of the molecule is O=S1(=O)c2ccccc2-c2cccc(-c3cc(C4=NC(c5ccccc5)=NC(c5ccccc5)N4)cc(-c4nc(-c5ccccc5)nc(-c5ccccc5)n4)c3)c21. The molecule has 1 atom stereocenters. The molecule has 0 amide bonds. The van der Waals surface area contributed by atoms with Crippen molar-refractivity contribution in [3.63, 3.8) is 0 Å². The van der Waals surface area contributed by atoms with Gasteiger partial charge in [-0.15, -0.1) is 0 Å².